The van der Waals surface area contributed by atoms with Crippen LogP contribution in [0.3, 0.4) is 0 Å². The highest BCUT2D eigenvalue weighted by Crippen LogP contribution is 2.37. The van der Waals surface area contributed by atoms with E-state index in [1.807, 2.05) is 24.3 Å². The van der Waals surface area contributed by atoms with Crippen LogP contribution in [0.5, 0.6) is 0 Å². The number of rotatable bonds is 4. The van der Waals surface area contributed by atoms with Gasteiger partial charge in [-0.05, 0) is 38.0 Å². The van der Waals surface area contributed by atoms with Crippen LogP contribution in [0.25, 0.3) is 15.9 Å². The Kier molecular flexibility index (Phi) is 5.21. The van der Waals surface area contributed by atoms with E-state index in [1.165, 1.54) is 34.2 Å². The highest BCUT2D eigenvalue weighted by molar-refractivity contribution is 7.18. The quantitative estimate of drug-likeness (QED) is 0.335. The van der Waals surface area contributed by atoms with Gasteiger partial charge in [0.25, 0.3) is 11.6 Å². The molecule has 1 unspecified atom stereocenters. The van der Waals surface area contributed by atoms with Crippen molar-refractivity contribution in [3.05, 3.63) is 91.3 Å². The number of fused-ring (bicyclic) bond motifs is 1. The first kappa shape index (κ1) is 21.0. The Hall–Kier alpha value is -3.92. The minimum atomic E-state index is -0.514. The lowest BCUT2D eigenvalue weighted by Crippen LogP contribution is -2.36. The van der Waals surface area contributed by atoms with Crippen molar-refractivity contribution in [2.75, 3.05) is 6.54 Å². The fourth-order valence-corrected chi connectivity index (χ4v) is 5.29. The molecule has 3 heterocycles. The van der Waals surface area contributed by atoms with Crippen molar-refractivity contribution in [3.63, 3.8) is 0 Å². The van der Waals surface area contributed by atoms with E-state index in [-0.39, 0.29) is 23.1 Å². The third-order valence-electron chi connectivity index (χ3n) is 5.73. The molecule has 33 heavy (non-hydrogen) atoms. The maximum atomic E-state index is 13.5. The summed E-state index contributed by atoms with van der Waals surface area (Å²) in [6.07, 6.45) is 1.53. The monoisotopic (exact) mass is 461 g/mol. The van der Waals surface area contributed by atoms with Crippen LogP contribution in [0, 0.1) is 17.0 Å². The van der Waals surface area contributed by atoms with Gasteiger partial charge in [-0.25, -0.2) is 9.67 Å². The molecular weight excluding hydrogens is 442 g/mol. The van der Waals surface area contributed by atoms with Crippen molar-refractivity contribution in [2.24, 2.45) is 0 Å². The van der Waals surface area contributed by atoms with E-state index in [4.69, 9.17) is 4.98 Å². The molecule has 0 N–H and O–H groups in total. The van der Waals surface area contributed by atoms with Crippen molar-refractivity contribution >= 4 is 33.1 Å². The minimum absolute atomic E-state index is 0.163. The van der Waals surface area contributed by atoms with Crippen LogP contribution < -0.4 is 5.43 Å². The summed E-state index contributed by atoms with van der Waals surface area (Å²) in [5.41, 5.74) is 0.537. The maximum absolute atomic E-state index is 13.5. The zero-order chi connectivity index (χ0) is 23.1. The summed E-state index contributed by atoms with van der Waals surface area (Å²) < 4.78 is 2.33. The molecule has 1 aliphatic rings. The van der Waals surface area contributed by atoms with Gasteiger partial charge in [-0.2, -0.15) is 5.10 Å². The van der Waals surface area contributed by atoms with Crippen LogP contribution in [0.15, 0.2) is 59.4 Å². The van der Waals surface area contributed by atoms with Gasteiger partial charge in [0.1, 0.15) is 10.7 Å². The molecule has 1 atom stereocenters. The van der Waals surface area contributed by atoms with Crippen LogP contribution >= 0.6 is 11.3 Å². The molecule has 0 saturated carbocycles. The fourth-order valence-electron chi connectivity index (χ4n) is 4.17. The lowest BCUT2D eigenvalue weighted by atomic mass is 10.2. The van der Waals surface area contributed by atoms with Crippen molar-refractivity contribution in [2.45, 2.75) is 25.8 Å². The number of benzene rings is 2. The lowest BCUT2D eigenvalue weighted by molar-refractivity contribution is -0.384. The number of aromatic nitrogens is 3. The van der Waals surface area contributed by atoms with Gasteiger partial charge in [0.2, 0.25) is 5.43 Å². The number of carbonyl (C=O) groups is 1. The SMILES string of the molecule is Cc1cc(=O)c(C(=O)N2CCCC2c2nc3ccccc3s2)nn1-c1ccccc1[N+](=O)[O-]. The highest BCUT2D eigenvalue weighted by atomic mass is 32.1. The van der Waals surface area contributed by atoms with E-state index in [0.717, 1.165) is 28.1 Å². The van der Waals surface area contributed by atoms with Crippen LogP contribution in [-0.2, 0) is 0 Å². The summed E-state index contributed by atoms with van der Waals surface area (Å²) in [7, 11) is 0. The molecule has 0 radical (unpaired) electrons. The van der Waals surface area contributed by atoms with Crippen LogP contribution in [0.4, 0.5) is 5.69 Å². The second-order valence-electron chi connectivity index (χ2n) is 7.83. The Morgan fingerprint density at radius 2 is 1.94 bits per heavy atom. The first-order valence-electron chi connectivity index (χ1n) is 10.5. The Bertz CT molecular complexity index is 1430. The number of hydrogen-bond acceptors (Lipinski definition) is 7. The van der Waals surface area contributed by atoms with Crippen molar-refractivity contribution in [1.29, 1.82) is 0 Å². The van der Waals surface area contributed by atoms with Gasteiger partial charge in [0.15, 0.2) is 5.69 Å². The van der Waals surface area contributed by atoms with Gasteiger partial charge in [0.05, 0.1) is 21.2 Å². The molecule has 10 heteroatoms. The molecule has 9 nitrogen and oxygen atoms in total. The average molecular weight is 462 g/mol. The molecule has 2 aromatic carbocycles. The Balaban J connectivity index is 1.55. The summed E-state index contributed by atoms with van der Waals surface area (Å²) in [6, 6.07) is 14.9. The molecule has 0 aliphatic carbocycles. The minimum Gasteiger partial charge on any atom is -0.328 e. The standard InChI is InChI=1S/C23H19N5O4S/c1-14-13-19(29)21(25-27(14)16-8-3-4-9-17(16)28(31)32)23(30)26-12-6-10-18(26)22-24-15-7-2-5-11-20(15)33-22/h2-5,7-9,11,13,18H,6,10,12H2,1H3. The first-order chi connectivity index (χ1) is 15.9. The normalized spacial score (nSPS) is 15.8. The van der Waals surface area contributed by atoms with Crippen molar-refractivity contribution in [3.8, 4) is 5.69 Å². The smallest absolute Gasteiger partial charge is 0.294 e. The number of hydrogen-bond donors (Lipinski definition) is 0. The number of likely N-dealkylation sites (tertiary alicyclic amines) is 1. The molecule has 1 fully saturated rings. The predicted molar refractivity (Wildman–Crippen MR) is 124 cm³/mol. The number of nitro groups is 1. The topological polar surface area (TPSA) is 111 Å². The number of para-hydroxylation sites is 3. The number of carbonyl (C=O) groups excluding carboxylic acids is 1. The molecule has 0 bridgehead atoms. The molecule has 1 aliphatic heterocycles. The van der Waals surface area contributed by atoms with E-state index in [2.05, 4.69) is 5.10 Å². The summed E-state index contributed by atoms with van der Waals surface area (Å²) in [4.78, 5) is 43.5. The summed E-state index contributed by atoms with van der Waals surface area (Å²) in [5.74, 6) is -0.492. The van der Waals surface area contributed by atoms with E-state index < -0.39 is 16.3 Å². The molecule has 1 amide bonds. The summed E-state index contributed by atoms with van der Waals surface area (Å²) in [5, 5.41) is 16.6. The number of amides is 1. The number of thiazole rings is 1. The van der Waals surface area contributed by atoms with Gasteiger partial charge >= 0.3 is 0 Å². The van der Waals surface area contributed by atoms with Crippen LogP contribution in [0.2, 0.25) is 0 Å². The zero-order valence-electron chi connectivity index (χ0n) is 17.7. The van der Waals surface area contributed by atoms with Gasteiger partial charge in [-0.15, -0.1) is 11.3 Å². The Morgan fingerprint density at radius 1 is 1.18 bits per heavy atom. The second kappa shape index (κ2) is 8.21. The number of nitrogens with zero attached hydrogens (tertiary/aromatic N) is 5. The van der Waals surface area contributed by atoms with Crippen LogP contribution in [0.1, 0.15) is 40.1 Å². The molecule has 166 valence electrons. The van der Waals surface area contributed by atoms with E-state index in [0.29, 0.717) is 12.2 Å². The highest BCUT2D eigenvalue weighted by Gasteiger charge is 2.35. The van der Waals surface area contributed by atoms with Gasteiger partial charge in [-0.3, -0.25) is 19.7 Å². The maximum Gasteiger partial charge on any atom is 0.294 e. The molecule has 5 rings (SSSR count). The third kappa shape index (κ3) is 3.68. The molecule has 1 saturated heterocycles. The molecule has 0 spiro atoms. The summed E-state index contributed by atoms with van der Waals surface area (Å²) in [6.45, 7) is 2.11. The Labute approximate surface area is 192 Å². The number of aryl methyl sites for hydroxylation is 1. The van der Waals surface area contributed by atoms with Crippen molar-refractivity contribution in [1.82, 2.24) is 19.7 Å². The van der Waals surface area contributed by atoms with Gasteiger partial charge < -0.3 is 4.90 Å². The van der Waals surface area contributed by atoms with E-state index in [9.17, 15) is 19.7 Å². The lowest BCUT2D eigenvalue weighted by Gasteiger charge is -2.23. The van der Waals surface area contributed by atoms with Crippen molar-refractivity contribution < 1.29 is 9.72 Å². The Morgan fingerprint density at radius 3 is 2.73 bits per heavy atom. The van der Waals surface area contributed by atoms with Gasteiger partial charge in [0, 0.05) is 24.4 Å². The third-order valence-corrected chi connectivity index (χ3v) is 6.86. The van der Waals surface area contributed by atoms with E-state index in [1.54, 1.807) is 24.0 Å². The average Bonchev–Trinajstić information content (AvgIpc) is 3.45. The first-order valence-corrected chi connectivity index (χ1v) is 11.3. The molecular formula is C23H19N5O4S. The molecule has 4 aromatic rings. The largest absolute Gasteiger partial charge is 0.328 e. The predicted octanol–water partition coefficient (Wildman–Crippen LogP) is 4.04. The van der Waals surface area contributed by atoms with Crippen LogP contribution in [-0.4, -0.2) is 37.0 Å². The molecule has 2 aromatic heterocycles. The fraction of sp³-hybridized carbons (Fsp3) is 0.217. The van der Waals surface area contributed by atoms with E-state index >= 15 is 0 Å². The zero-order valence-corrected chi connectivity index (χ0v) is 18.5. The summed E-state index contributed by atoms with van der Waals surface area (Å²) >= 11 is 1.54. The second-order valence-corrected chi connectivity index (χ2v) is 8.89. The van der Waals surface area contributed by atoms with Gasteiger partial charge in [-0.1, -0.05) is 24.3 Å². The number of nitro benzene ring substituents is 1.